The minimum absolute atomic E-state index is 0.0645. The van der Waals surface area contributed by atoms with E-state index >= 15 is 0 Å². The molecule has 1 saturated heterocycles. The molecule has 1 aliphatic heterocycles. The predicted molar refractivity (Wildman–Crippen MR) is 81.2 cm³/mol. The highest BCUT2D eigenvalue weighted by Crippen LogP contribution is 2.21. The summed E-state index contributed by atoms with van der Waals surface area (Å²) in [5, 5.41) is 3.77. The lowest BCUT2D eigenvalue weighted by molar-refractivity contribution is -0.121. The molecule has 1 aromatic rings. The topological polar surface area (TPSA) is 75.6 Å². The molecule has 114 valence electrons. The van der Waals surface area contributed by atoms with E-state index in [1.54, 1.807) is 0 Å². The van der Waals surface area contributed by atoms with Gasteiger partial charge in [-0.1, -0.05) is 6.07 Å². The minimum atomic E-state index is -2.97. The second-order valence-electron chi connectivity index (χ2n) is 4.94. The normalized spacial score (nSPS) is 20.8. The Balaban J connectivity index is 1.83. The van der Waals surface area contributed by atoms with Crippen LogP contribution in [0.1, 0.15) is 18.4 Å². The number of hydrogen-bond acceptors (Lipinski definition) is 4. The maximum Gasteiger partial charge on any atom is 0.240 e. The SMILES string of the molecule is O=C(C[C@H]1CCS(=O)(=O)C1)N/N=C\c1ccc(F)c(Br)c1. The van der Waals surface area contributed by atoms with E-state index in [0.29, 0.717) is 16.5 Å². The van der Waals surface area contributed by atoms with Gasteiger partial charge in [0.15, 0.2) is 9.84 Å². The molecule has 0 aromatic heterocycles. The van der Waals surface area contributed by atoms with Crippen LogP contribution in [0.5, 0.6) is 0 Å². The molecule has 0 unspecified atom stereocenters. The van der Waals surface area contributed by atoms with Crippen molar-refractivity contribution in [1.82, 2.24) is 5.43 Å². The van der Waals surface area contributed by atoms with Crippen LogP contribution in [0, 0.1) is 11.7 Å². The largest absolute Gasteiger partial charge is 0.273 e. The Kier molecular flexibility index (Phi) is 5.10. The van der Waals surface area contributed by atoms with Crippen LogP contribution in [0.2, 0.25) is 0 Å². The second-order valence-corrected chi connectivity index (χ2v) is 8.02. The van der Waals surface area contributed by atoms with E-state index in [0.717, 1.165) is 0 Å². The number of nitrogens with one attached hydrogen (secondary N) is 1. The molecule has 0 radical (unpaired) electrons. The van der Waals surface area contributed by atoms with Gasteiger partial charge in [-0.05, 0) is 46.0 Å². The number of rotatable bonds is 4. The summed E-state index contributed by atoms with van der Waals surface area (Å²) in [5.74, 6) is -0.620. The number of carbonyl (C=O) groups excluding carboxylic acids is 1. The second kappa shape index (κ2) is 6.65. The third kappa shape index (κ3) is 4.89. The number of amides is 1. The molecular weight excluding hydrogens is 363 g/mol. The first kappa shape index (κ1) is 16.1. The van der Waals surface area contributed by atoms with Gasteiger partial charge in [0, 0.05) is 6.42 Å². The van der Waals surface area contributed by atoms with Crippen LogP contribution in [0.15, 0.2) is 27.8 Å². The highest BCUT2D eigenvalue weighted by Gasteiger charge is 2.29. The van der Waals surface area contributed by atoms with E-state index in [1.165, 1.54) is 24.4 Å². The summed E-state index contributed by atoms with van der Waals surface area (Å²) in [7, 11) is -2.97. The molecule has 0 bridgehead atoms. The van der Waals surface area contributed by atoms with E-state index in [1.807, 2.05) is 0 Å². The molecule has 0 saturated carbocycles. The molecule has 21 heavy (non-hydrogen) atoms. The summed E-state index contributed by atoms with van der Waals surface area (Å²) in [6.07, 6.45) is 2.06. The van der Waals surface area contributed by atoms with Gasteiger partial charge in [-0.15, -0.1) is 0 Å². The molecule has 0 spiro atoms. The molecule has 1 heterocycles. The number of carbonyl (C=O) groups is 1. The van der Waals surface area contributed by atoms with Gasteiger partial charge in [-0.3, -0.25) is 4.79 Å². The Morgan fingerprint density at radius 1 is 1.52 bits per heavy atom. The highest BCUT2D eigenvalue weighted by molar-refractivity contribution is 9.10. The highest BCUT2D eigenvalue weighted by atomic mass is 79.9. The van der Waals surface area contributed by atoms with E-state index in [2.05, 4.69) is 26.5 Å². The van der Waals surface area contributed by atoms with Crippen LogP contribution in [0.3, 0.4) is 0 Å². The van der Waals surface area contributed by atoms with Crippen LogP contribution in [-0.4, -0.2) is 32.0 Å². The van der Waals surface area contributed by atoms with Gasteiger partial charge in [-0.25, -0.2) is 18.2 Å². The maximum absolute atomic E-state index is 13.0. The molecule has 1 N–H and O–H groups in total. The van der Waals surface area contributed by atoms with Crippen molar-refractivity contribution >= 4 is 37.9 Å². The van der Waals surface area contributed by atoms with Crippen LogP contribution >= 0.6 is 15.9 Å². The van der Waals surface area contributed by atoms with Crippen molar-refractivity contribution in [2.24, 2.45) is 11.0 Å². The fraction of sp³-hybridized carbons (Fsp3) is 0.385. The molecule has 1 amide bonds. The molecule has 8 heteroatoms. The van der Waals surface area contributed by atoms with E-state index in [9.17, 15) is 17.6 Å². The molecule has 0 aliphatic carbocycles. The molecule has 1 atom stereocenters. The fourth-order valence-electron chi connectivity index (χ4n) is 2.11. The summed E-state index contributed by atoms with van der Waals surface area (Å²) in [4.78, 5) is 11.6. The van der Waals surface area contributed by atoms with Gasteiger partial charge in [-0.2, -0.15) is 5.10 Å². The number of nitrogens with zero attached hydrogens (tertiary/aromatic N) is 1. The van der Waals surface area contributed by atoms with E-state index in [-0.39, 0.29) is 35.6 Å². The molecule has 1 aromatic carbocycles. The number of benzene rings is 1. The Morgan fingerprint density at radius 3 is 2.90 bits per heavy atom. The van der Waals surface area contributed by atoms with Gasteiger partial charge >= 0.3 is 0 Å². The van der Waals surface area contributed by atoms with Crippen LogP contribution in [0.4, 0.5) is 4.39 Å². The van der Waals surface area contributed by atoms with Crippen molar-refractivity contribution in [2.45, 2.75) is 12.8 Å². The molecular formula is C13H14BrFN2O3S. The van der Waals surface area contributed by atoms with Crippen molar-refractivity contribution in [3.63, 3.8) is 0 Å². The van der Waals surface area contributed by atoms with Gasteiger partial charge in [0.2, 0.25) is 5.91 Å². The average molecular weight is 377 g/mol. The summed E-state index contributed by atoms with van der Waals surface area (Å²) in [5.41, 5.74) is 2.98. The number of halogens is 2. The van der Waals surface area contributed by atoms with Crippen LogP contribution in [-0.2, 0) is 14.6 Å². The Morgan fingerprint density at radius 2 is 2.29 bits per heavy atom. The molecule has 1 fully saturated rings. The molecule has 2 rings (SSSR count). The van der Waals surface area contributed by atoms with E-state index < -0.39 is 9.84 Å². The predicted octanol–water partition coefficient (Wildman–Crippen LogP) is 1.86. The first-order chi connectivity index (χ1) is 9.85. The summed E-state index contributed by atoms with van der Waals surface area (Å²) < 4.78 is 35.9. The Labute approximate surface area is 130 Å². The number of hydrazone groups is 1. The Hall–Kier alpha value is -1.28. The standard InChI is InChI=1S/C13H14BrFN2O3S/c14-11-5-9(1-2-12(11)15)7-16-17-13(18)6-10-3-4-21(19,20)8-10/h1-2,5,7,10H,3-4,6,8H2,(H,17,18)/b16-7-/t10-/m1/s1. The zero-order chi connectivity index (χ0) is 15.5. The number of hydrogen-bond donors (Lipinski definition) is 1. The van der Waals surface area contributed by atoms with Gasteiger partial charge < -0.3 is 0 Å². The quantitative estimate of drug-likeness (QED) is 0.643. The first-order valence-electron chi connectivity index (χ1n) is 6.33. The molecule has 5 nitrogen and oxygen atoms in total. The fourth-order valence-corrected chi connectivity index (χ4v) is 4.37. The summed E-state index contributed by atoms with van der Waals surface area (Å²) >= 11 is 3.05. The van der Waals surface area contributed by atoms with Crippen molar-refractivity contribution in [3.8, 4) is 0 Å². The van der Waals surface area contributed by atoms with Crippen molar-refractivity contribution in [2.75, 3.05) is 11.5 Å². The zero-order valence-electron chi connectivity index (χ0n) is 11.1. The van der Waals surface area contributed by atoms with E-state index in [4.69, 9.17) is 0 Å². The monoisotopic (exact) mass is 376 g/mol. The van der Waals surface area contributed by atoms with Crippen LogP contribution in [0.25, 0.3) is 0 Å². The van der Waals surface area contributed by atoms with Gasteiger partial charge in [0.05, 0.1) is 22.2 Å². The Bertz CT molecular complexity index is 676. The van der Waals surface area contributed by atoms with Gasteiger partial charge in [0.1, 0.15) is 5.82 Å². The van der Waals surface area contributed by atoms with Gasteiger partial charge in [0.25, 0.3) is 0 Å². The van der Waals surface area contributed by atoms with Crippen molar-refractivity contribution in [3.05, 3.63) is 34.1 Å². The lowest BCUT2D eigenvalue weighted by Crippen LogP contribution is -2.21. The van der Waals surface area contributed by atoms with Crippen molar-refractivity contribution in [1.29, 1.82) is 0 Å². The summed E-state index contributed by atoms with van der Waals surface area (Å²) in [6.45, 7) is 0. The average Bonchev–Trinajstić information content (AvgIpc) is 2.73. The lowest BCUT2D eigenvalue weighted by Gasteiger charge is -2.05. The molecule has 1 aliphatic rings. The maximum atomic E-state index is 13.0. The smallest absolute Gasteiger partial charge is 0.240 e. The lowest BCUT2D eigenvalue weighted by atomic mass is 10.1. The van der Waals surface area contributed by atoms with Crippen molar-refractivity contribution < 1.29 is 17.6 Å². The summed E-state index contributed by atoms with van der Waals surface area (Å²) in [6, 6.07) is 4.35. The third-order valence-electron chi connectivity index (χ3n) is 3.15. The number of sulfone groups is 1. The first-order valence-corrected chi connectivity index (χ1v) is 8.94. The third-order valence-corrected chi connectivity index (χ3v) is 5.59. The minimum Gasteiger partial charge on any atom is -0.273 e. The zero-order valence-corrected chi connectivity index (χ0v) is 13.5. The van der Waals surface area contributed by atoms with Crippen LogP contribution < -0.4 is 5.43 Å².